The fourth-order valence-corrected chi connectivity index (χ4v) is 2.42. The molecule has 0 aliphatic carbocycles. The van der Waals surface area contributed by atoms with E-state index >= 15 is 0 Å². The van der Waals surface area contributed by atoms with Gasteiger partial charge in [-0.1, -0.05) is 18.2 Å². The van der Waals surface area contributed by atoms with E-state index in [0.29, 0.717) is 13.2 Å². The molecule has 0 fully saturated rings. The van der Waals surface area contributed by atoms with Crippen LogP contribution in [0.25, 0.3) is 10.9 Å². The minimum absolute atomic E-state index is 0.0161. The Bertz CT molecular complexity index is 602. The molecule has 0 radical (unpaired) electrons. The molecule has 0 aliphatic rings. The zero-order valence-electron chi connectivity index (χ0n) is 13.1. The van der Waals surface area contributed by atoms with Crippen molar-refractivity contribution >= 4 is 16.8 Å². The third-order valence-electron chi connectivity index (χ3n) is 3.42. The van der Waals surface area contributed by atoms with Crippen molar-refractivity contribution < 1.29 is 9.53 Å². The average molecular weight is 288 g/mol. The molecule has 21 heavy (non-hydrogen) atoms. The Kier molecular flexibility index (Phi) is 5.39. The monoisotopic (exact) mass is 288 g/mol. The van der Waals surface area contributed by atoms with E-state index in [1.54, 1.807) is 0 Å². The number of aryl methyl sites for hydroxylation is 1. The molecule has 0 bridgehead atoms. The van der Waals surface area contributed by atoms with Crippen LogP contribution in [-0.2, 0) is 11.3 Å². The van der Waals surface area contributed by atoms with Crippen molar-refractivity contribution in [2.45, 2.75) is 39.8 Å². The molecule has 2 rings (SSSR count). The molecule has 1 N–H and O–H groups in total. The highest BCUT2D eigenvalue weighted by Crippen LogP contribution is 2.19. The smallest absolute Gasteiger partial charge is 0.267 e. The van der Waals surface area contributed by atoms with Gasteiger partial charge in [-0.05, 0) is 39.3 Å². The zero-order valence-corrected chi connectivity index (χ0v) is 13.1. The second kappa shape index (κ2) is 7.27. The van der Waals surface area contributed by atoms with Gasteiger partial charge < -0.3 is 14.6 Å². The molecule has 1 amide bonds. The quantitative estimate of drug-likeness (QED) is 0.795. The summed E-state index contributed by atoms with van der Waals surface area (Å²) in [4.78, 5) is 12.3. The molecule has 4 nitrogen and oxygen atoms in total. The first-order chi connectivity index (χ1) is 10.1. The molecule has 0 aliphatic heterocycles. The average Bonchev–Trinajstić information content (AvgIpc) is 2.85. The summed E-state index contributed by atoms with van der Waals surface area (Å²) in [6.07, 6.45) is 1.07. The lowest BCUT2D eigenvalue weighted by molar-refractivity contribution is 0.0756. The van der Waals surface area contributed by atoms with Crippen molar-refractivity contribution in [3.8, 4) is 0 Å². The van der Waals surface area contributed by atoms with Crippen molar-refractivity contribution in [2.24, 2.45) is 0 Å². The highest BCUT2D eigenvalue weighted by atomic mass is 16.5. The van der Waals surface area contributed by atoms with Gasteiger partial charge in [0.1, 0.15) is 5.69 Å². The molecule has 0 saturated carbocycles. The van der Waals surface area contributed by atoms with E-state index in [0.717, 1.165) is 29.6 Å². The number of fused-ring (bicyclic) bond motifs is 1. The minimum Gasteiger partial charge on any atom is -0.379 e. The fourth-order valence-electron chi connectivity index (χ4n) is 2.42. The fraction of sp³-hybridized carbons (Fsp3) is 0.471. The summed E-state index contributed by atoms with van der Waals surface area (Å²) in [5.41, 5.74) is 1.83. The predicted molar refractivity (Wildman–Crippen MR) is 85.7 cm³/mol. The lowest BCUT2D eigenvalue weighted by Gasteiger charge is -2.10. The van der Waals surface area contributed by atoms with Gasteiger partial charge in [0.25, 0.3) is 5.91 Å². The molecule has 1 aromatic heterocycles. The molecule has 0 unspecified atom stereocenters. The lowest BCUT2D eigenvalue weighted by Crippen LogP contribution is -2.27. The van der Waals surface area contributed by atoms with E-state index in [1.165, 1.54) is 0 Å². The SMILES string of the molecule is CCn1c(C(=O)NCCCOC(C)C)cc2ccccc21. The van der Waals surface area contributed by atoms with E-state index in [-0.39, 0.29) is 12.0 Å². The Labute approximate surface area is 126 Å². The first-order valence-electron chi connectivity index (χ1n) is 7.61. The third kappa shape index (κ3) is 3.85. The van der Waals surface area contributed by atoms with Gasteiger partial charge in [-0.3, -0.25) is 4.79 Å². The van der Waals surface area contributed by atoms with Crippen LogP contribution in [0.3, 0.4) is 0 Å². The summed E-state index contributed by atoms with van der Waals surface area (Å²) in [5.74, 6) is -0.0161. The van der Waals surface area contributed by atoms with Crippen molar-refractivity contribution in [3.05, 3.63) is 36.0 Å². The van der Waals surface area contributed by atoms with Gasteiger partial charge in [0.05, 0.1) is 6.10 Å². The van der Waals surface area contributed by atoms with Gasteiger partial charge in [0.2, 0.25) is 0 Å². The van der Waals surface area contributed by atoms with Gasteiger partial charge >= 0.3 is 0 Å². The second-order valence-corrected chi connectivity index (χ2v) is 5.36. The number of nitrogens with one attached hydrogen (secondary N) is 1. The summed E-state index contributed by atoms with van der Waals surface area (Å²) in [6, 6.07) is 10.0. The Morgan fingerprint density at radius 1 is 1.33 bits per heavy atom. The van der Waals surface area contributed by atoms with Crippen LogP contribution in [0.4, 0.5) is 0 Å². The summed E-state index contributed by atoms with van der Waals surface area (Å²) in [5, 5.41) is 4.07. The molecular formula is C17H24N2O2. The molecule has 1 heterocycles. The van der Waals surface area contributed by atoms with Crippen molar-refractivity contribution in [1.29, 1.82) is 0 Å². The maximum Gasteiger partial charge on any atom is 0.267 e. The largest absolute Gasteiger partial charge is 0.379 e. The molecule has 2 aromatic rings. The van der Waals surface area contributed by atoms with Crippen LogP contribution < -0.4 is 5.32 Å². The van der Waals surface area contributed by atoms with Crippen LogP contribution in [0.15, 0.2) is 30.3 Å². The zero-order chi connectivity index (χ0) is 15.2. The number of rotatable bonds is 7. The van der Waals surface area contributed by atoms with Crippen LogP contribution in [0, 0.1) is 0 Å². The molecule has 4 heteroatoms. The maximum absolute atomic E-state index is 12.3. The Morgan fingerprint density at radius 2 is 2.10 bits per heavy atom. The van der Waals surface area contributed by atoms with E-state index in [4.69, 9.17) is 4.74 Å². The van der Waals surface area contributed by atoms with Crippen LogP contribution in [-0.4, -0.2) is 29.7 Å². The molecule has 1 aromatic carbocycles. The van der Waals surface area contributed by atoms with Gasteiger partial charge in [0.15, 0.2) is 0 Å². The number of ether oxygens (including phenoxy) is 1. The highest BCUT2D eigenvalue weighted by molar-refractivity contribution is 5.98. The molecule has 114 valence electrons. The number of carbonyl (C=O) groups is 1. The predicted octanol–water partition coefficient (Wildman–Crippen LogP) is 3.21. The summed E-state index contributed by atoms with van der Waals surface area (Å²) >= 11 is 0. The summed E-state index contributed by atoms with van der Waals surface area (Å²) in [6.45, 7) is 8.18. The van der Waals surface area contributed by atoms with E-state index < -0.39 is 0 Å². The Morgan fingerprint density at radius 3 is 2.81 bits per heavy atom. The van der Waals surface area contributed by atoms with Crippen LogP contribution in [0.2, 0.25) is 0 Å². The van der Waals surface area contributed by atoms with Crippen molar-refractivity contribution in [3.63, 3.8) is 0 Å². The van der Waals surface area contributed by atoms with E-state index in [2.05, 4.69) is 16.8 Å². The van der Waals surface area contributed by atoms with E-state index in [1.807, 2.05) is 44.2 Å². The first-order valence-corrected chi connectivity index (χ1v) is 7.61. The summed E-state index contributed by atoms with van der Waals surface area (Å²) < 4.78 is 7.52. The number of para-hydroxylation sites is 1. The Balaban J connectivity index is 1.99. The number of benzene rings is 1. The molecular weight excluding hydrogens is 264 g/mol. The number of aromatic nitrogens is 1. The Hall–Kier alpha value is -1.81. The highest BCUT2D eigenvalue weighted by Gasteiger charge is 2.13. The maximum atomic E-state index is 12.3. The van der Waals surface area contributed by atoms with Crippen molar-refractivity contribution in [1.82, 2.24) is 9.88 Å². The lowest BCUT2D eigenvalue weighted by atomic mass is 10.2. The molecule has 0 atom stereocenters. The third-order valence-corrected chi connectivity index (χ3v) is 3.42. The number of carbonyl (C=O) groups excluding carboxylic acids is 1. The number of amides is 1. The van der Waals surface area contributed by atoms with E-state index in [9.17, 15) is 4.79 Å². The van der Waals surface area contributed by atoms with Crippen LogP contribution in [0.1, 0.15) is 37.7 Å². The number of hydrogen-bond acceptors (Lipinski definition) is 2. The standard InChI is InChI=1S/C17H24N2O2/c1-4-19-15-9-6-5-8-14(15)12-16(19)17(20)18-10-7-11-21-13(2)3/h5-6,8-9,12-13H,4,7,10-11H2,1-3H3,(H,18,20). The normalized spacial score (nSPS) is 11.2. The first kappa shape index (κ1) is 15.6. The second-order valence-electron chi connectivity index (χ2n) is 5.36. The van der Waals surface area contributed by atoms with Gasteiger partial charge in [-0.25, -0.2) is 0 Å². The number of nitrogens with zero attached hydrogens (tertiary/aromatic N) is 1. The topological polar surface area (TPSA) is 43.3 Å². The number of hydrogen-bond donors (Lipinski definition) is 1. The van der Waals surface area contributed by atoms with Crippen LogP contribution in [0.5, 0.6) is 0 Å². The van der Waals surface area contributed by atoms with Gasteiger partial charge in [0, 0.05) is 30.6 Å². The van der Waals surface area contributed by atoms with Gasteiger partial charge in [-0.2, -0.15) is 0 Å². The minimum atomic E-state index is -0.0161. The van der Waals surface area contributed by atoms with Crippen LogP contribution >= 0.6 is 0 Å². The molecule has 0 saturated heterocycles. The van der Waals surface area contributed by atoms with Gasteiger partial charge in [-0.15, -0.1) is 0 Å². The molecule has 0 spiro atoms. The van der Waals surface area contributed by atoms with Crippen molar-refractivity contribution in [2.75, 3.05) is 13.2 Å². The summed E-state index contributed by atoms with van der Waals surface area (Å²) in [7, 11) is 0.